The van der Waals surface area contributed by atoms with Crippen molar-refractivity contribution in [2.45, 2.75) is 75.1 Å². The predicted molar refractivity (Wildman–Crippen MR) is 292 cm³/mol. The van der Waals surface area contributed by atoms with Crippen LogP contribution in [-0.2, 0) is 0 Å². The van der Waals surface area contributed by atoms with Crippen molar-refractivity contribution in [1.82, 2.24) is 0 Å². The van der Waals surface area contributed by atoms with Crippen LogP contribution in [0.3, 0.4) is 0 Å². The lowest BCUT2D eigenvalue weighted by Gasteiger charge is -2.40. The van der Waals surface area contributed by atoms with Crippen LogP contribution in [0.4, 0.5) is 51.2 Å². The molecule has 0 radical (unpaired) electrons. The molecule has 8 aromatic carbocycles. The summed E-state index contributed by atoms with van der Waals surface area (Å²) in [7, 11) is 0. The van der Waals surface area contributed by atoms with Crippen molar-refractivity contribution in [3.63, 3.8) is 0 Å². The van der Waals surface area contributed by atoms with Crippen molar-refractivity contribution >= 4 is 86.0 Å². The van der Waals surface area contributed by atoms with Gasteiger partial charge < -0.3 is 14.7 Å². The standard InChI is InChI=1S/C63H56BN4S/c1-41(2)44-37-50(42(3)4)62(51(38-44)43(5)6)64-52-33-31-46(67-54-25-13-11-23-48(54)63(65-35-19-8-20-36-65)49-24-12-14-26-55(49)67)39-60(52)69-61-40-47(32-34-53(61)64)68-58-29-17-15-27-56(58)66(45-21-9-7-10-22-45)57-28-16-18-30-59(57)68/h7-43,63H,1-6H3/q+1. The largest absolute Gasteiger partial charge is 0.309 e. The van der Waals surface area contributed by atoms with Crippen molar-refractivity contribution in [2.24, 2.45) is 0 Å². The smallest absolute Gasteiger partial charge is 0.244 e. The van der Waals surface area contributed by atoms with E-state index in [9.17, 15) is 0 Å². The average molecular weight is 912 g/mol. The molecule has 0 spiro atoms. The lowest BCUT2D eigenvalue weighted by Crippen LogP contribution is -2.57. The Bertz CT molecular complexity index is 3090. The fourth-order valence-corrected chi connectivity index (χ4v) is 12.5. The van der Waals surface area contributed by atoms with Gasteiger partial charge in [0.1, 0.15) is 0 Å². The summed E-state index contributed by atoms with van der Waals surface area (Å²) in [6.45, 7) is 14.3. The molecule has 9 aromatic rings. The number of hydrogen-bond donors (Lipinski definition) is 0. The fourth-order valence-electron chi connectivity index (χ4n) is 11.3. The summed E-state index contributed by atoms with van der Waals surface area (Å²) in [6.07, 6.45) is 4.39. The van der Waals surface area contributed by atoms with Crippen LogP contribution in [0.15, 0.2) is 216 Å². The number of anilines is 9. The lowest BCUT2D eigenvalue weighted by molar-refractivity contribution is -0.704. The Kier molecular flexibility index (Phi) is 10.8. The van der Waals surface area contributed by atoms with Crippen molar-refractivity contribution in [1.29, 1.82) is 0 Å². The van der Waals surface area contributed by atoms with Crippen molar-refractivity contribution in [3.8, 4) is 0 Å². The topological polar surface area (TPSA) is 13.6 Å². The molecule has 336 valence electrons. The molecule has 12 rings (SSSR count). The highest BCUT2D eigenvalue weighted by Gasteiger charge is 2.40. The van der Waals surface area contributed by atoms with Gasteiger partial charge in [-0.2, -0.15) is 4.57 Å². The first-order valence-electron chi connectivity index (χ1n) is 24.7. The van der Waals surface area contributed by atoms with Gasteiger partial charge in [-0.15, -0.1) is 0 Å². The van der Waals surface area contributed by atoms with Crippen molar-refractivity contribution in [2.75, 3.05) is 14.7 Å². The quantitative estimate of drug-likeness (QED) is 0.111. The maximum atomic E-state index is 2.53. The SMILES string of the molecule is CC(C)c1cc(C(C)C)c(B2c3ccc(N4c5ccccc5C([n+]5ccccc5)c5ccccc54)cc3Sc3cc(N4c5ccccc5N(c5ccccc5)c5ccccc54)ccc32)c(C(C)C)c1. The van der Waals surface area contributed by atoms with Crippen molar-refractivity contribution < 1.29 is 4.57 Å². The number of aromatic nitrogens is 1. The molecule has 69 heavy (non-hydrogen) atoms. The van der Waals surface area contributed by atoms with E-state index in [1.54, 1.807) is 0 Å². The van der Waals surface area contributed by atoms with Gasteiger partial charge in [-0.1, -0.05) is 167 Å². The van der Waals surface area contributed by atoms with Crippen LogP contribution in [0, 0.1) is 0 Å². The monoisotopic (exact) mass is 911 g/mol. The predicted octanol–water partition coefficient (Wildman–Crippen LogP) is 15.0. The highest BCUT2D eigenvalue weighted by Crippen LogP contribution is 2.55. The lowest BCUT2D eigenvalue weighted by atomic mass is 9.34. The first-order valence-corrected chi connectivity index (χ1v) is 25.5. The van der Waals surface area contributed by atoms with Crippen LogP contribution in [0.2, 0.25) is 0 Å². The molecule has 0 saturated heterocycles. The summed E-state index contributed by atoms with van der Waals surface area (Å²) >= 11 is 1.93. The number of benzene rings is 8. The molecule has 3 aliphatic heterocycles. The third kappa shape index (κ3) is 7.18. The van der Waals surface area contributed by atoms with Gasteiger partial charge in [0.2, 0.25) is 12.8 Å². The minimum atomic E-state index is 0.0460. The zero-order valence-corrected chi connectivity index (χ0v) is 41.0. The molecule has 0 saturated carbocycles. The minimum absolute atomic E-state index is 0.0460. The van der Waals surface area contributed by atoms with Crippen LogP contribution >= 0.6 is 11.8 Å². The normalized spacial score (nSPS) is 13.8. The highest BCUT2D eigenvalue weighted by molar-refractivity contribution is 8.00. The molecule has 0 amide bonds. The number of fused-ring (bicyclic) bond motifs is 6. The third-order valence-corrected chi connectivity index (χ3v) is 15.7. The average Bonchev–Trinajstić information content (AvgIpc) is 3.38. The maximum absolute atomic E-state index is 2.53. The van der Waals surface area contributed by atoms with Gasteiger partial charge in [0.15, 0.2) is 12.4 Å². The van der Waals surface area contributed by atoms with E-state index in [1.807, 2.05) is 11.8 Å². The Balaban J connectivity index is 1.06. The second kappa shape index (κ2) is 17.4. The second-order valence-electron chi connectivity index (χ2n) is 19.7. The summed E-state index contributed by atoms with van der Waals surface area (Å²) in [4.78, 5) is 9.97. The Morgan fingerprint density at radius 2 is 0.812 bits per heavy atom. The molecule has 4 heterocycles. The van der Waals surface area contributed by atoms with Gasteiger partial charge in [-0.25, -0.2) is 0 Å². The van der Waals surface area contributed by atoms with Crippen LogP contribution in [-0.4, -0.2) is 6.71 Å². The van der Waals surface area contributed by atoms with Gasteiger partial charge in [0.25, 0.3) is 0 Å². The fraction of sp³-hybridized carbons (Fsp3) is 0.159. The van der Waals surface area contributed by atoms with Crippen LogP contribution < -0.4 is 35.7 Å². The van der Waals surface area contributed by atoms with Gasteiger partial charge in [-0.05, 0) is 119 Å². The molecule has 0 atom stereocenters. The summed E-state index contributed by atoms with van der Waals surface area (Å²) < 4.78 is 2.35. The summed E-state index contributed by atoms with van der Waals surface area (Å²) in [5.41, 5.74) is 21.6. The number of nitrogens with zero attached hydrogens (tertiary/aromatic N) is 4. The van der Waals surface area contributed by atoms with E-state index in [0.29, 0.717) is 17.8 Å². The van der Waals surface area contributed by atoms with Crippen molar-refractivity contribution in [3.05, 3.63) is 234 Å². The number of para-hydroxylation sites is 7. The molecular formula is C63H56BN4S+. The van der Waals surface area contributed by atoms with Crippen LogP contribution in [0.25, 0.3) is 0 Å². The van der Waals surface area contributed by atoms with Gasteiger partial charge in [0, 0.05) is 50.1 Å². The molecule has 4 nitrogen and oxygen atoms in total. The molecular weight excluding hydrogens is 856 g/mol. The van der Waals surface area contributed by atoms with Crippen LogP contribution in [0.5, 0.6) is 0 Å². The Morgan fingerprint density at radius 3 is 1.28 bits per heavy atom. The molecule has 0 unspecified atom stereocenters. The zero-order chi connectivity index (χ0) is 46.9. The number of rotatable bonds is 8. The van der Waals surface area contributed by atoms with E-state index < -0.39 is 0 Å². The Labute approximate surface area is 412 Å². The molecule has 6 heteroatoms. The summed E-state index contributed by atoms with van der Waals surface area (Å²) in [5.74, 6) is 1.13. The molecule has 3 aliphatic rings. The zero-order valence-electron chi connectivity index (χ0n) is 40.2. The molecule has 0 bridgehead atoms. The number of pyridine rings is 1. The minimum Gasteiger partial charge on any atom is -0.309 e. The van der Waals surface area contributed by atoms with E-state index in [4.69, 9.17) is 0 Å². The van der Waals surface area contributed by atoms with E-state index >= 15 is 0 Å². The molecule has 0 N–H and O–H groups in total. The van der Waals surface area contributed by atoms with E-state index in [1.165, 1.54) is 71.1 Å². The third-order valence-electron chi connectivity index (χ3n) is 14.5. The van der Waals surface area contributed by atoms with E-state index in [2.05, 4.69) is 267 Å². The van der Waals surface area contributed by atoms with Gasteiger partial charge >= 0.3 is 0 Å². The molecule has 1 aromatic heterocycles. The summed E-state index contributed by atoms with van der Waals surface area (Å²) in [5, 5.41) is 0. The maximum Gasteiger partial charge on any atom is 0.244 e. The first kappa shape index (κ1) is 43.0. The van der Waals surface area contributed by atoms with Gasteiger partial charge in [0.05, 0.1) is 34.1 Å². The second-order valence-corrected chi connectivity index (χ2v) is 20.8. The first-order chi connectivity index (χ1) is 33.7. The number of hydrogen-bond acceptors (Lipinski definition) is 4. The van der Waals surface area contributed by atoms with E-state index in [0.717, 1.165) is 34.1 Å². The van der Waals surface area contributed by atoms with Crippen LogP contribution in [0.1, 0.15) is 93.2 Å². The molecule has 0 fully saturated rings. The van der Waals surface area contributed by atoms with E-state index in [-0.39, 0.29) is 12.8 Å². The Hall–Kier alpha value is -7.28. The molecule has 0 aliphatic carbocycles. The summed E-state index contributed by atoms with van der Waals surface area (Å²) in [6, 6.07) is 72.6. The van der Waals surface area contributed by atoms with Gasteiger partial charge in [-0.3, -0.25) is 0 Å². The highest BCUT2D eigenvalue weighted by atomic mass is 32.2. The Morgan fingerprint density at radius 1 is 0.406 bits per heavy atom.